The van der Waals surface area contributed by atoms with Crippen LogP contribution in [0.3, 0.4) is 0 Å². The maximum absolute atomic E-state index is 12.4. The lowest BCUT2D eigenvalue weighted by Crippen LogP contribution is -2.48. The van der Waals surface area contributed by atoms with Gasteiger partial charge in [0.2, 0.25) is 6.10 Å². The molecule has 142 valence electrons. The molecule has 0 spiro atoms. The van der Waals surface area contributed by atoms with E-state index in [9.17, 15) is 9.59 Å². The van der Waals surface area contributed by atoms with Crippen LogP contribution in [-0.2, 0) is 14.3 Å². The molecule has 1 saturated carbocycles. The third-order valence-electron chi connectivity index (χ3n) is 5.47. The molecule has 1 heterocycles. The minimum Gasteiger partial charge on any atom is -0.485 e. The Morgan fingerprint density at radius 1 is 1.19 bits per heavy atom. The van der Waals surface area contributed by atoms with Gasteiger partial charge >= 0.3 is 5.97 Å². The molecule has 1 N–H and O–H groups in total. The fourth-order valence-electron chi connectivity index (χ4n) is 3.53. The first-order valence-electron chi connectivity index (χ1n) is 9.35. The summed E-state index contributed by atoms with van der Waals surface area (Å²) in [6.45, 7) is 6.03. The van der Waals surface area contributed by atoms with Gasteiger partial charge in [-0.3, -0.25) is 4.79 Å². The lowest BCUT2D eigenvalue weighted by atomic mass is 9.78. The molecule has 1 amide bonds. The number of amides is 1. The van der Waals surface area contributed by atoms with Crippen molar-refractivity contribution < 1.29 is 23.8 Å². The van der Waals surface area contributed by atoms with Gasteiger partial charge in [-0.1, -0.05) is 38.8 Å². The number of ether oxygens (including phenoxy) is 3. The summed E-state index contributed by atoms with van der Waals surface area (Å²) in [5.41, 5.74) is 0. The molecule has 1 aliphatic heterocycles. The molecule has 6 heteroatoms. The third-order valence-corrected chi connectivity index (χ3v) is 5.47. The highest BCUT2D eigenvalue weighted by Gasteiger charge is 2.33. The quantitative estimate of drug-likeness (QED) is 0.835. The standard InChI is InChI=1S/C20H27NO5/c1-12-7-6-8-15(13(12)2)21-19(22)14(3)25-20(23)18-11-24-16-9-4-5-10-17(16)26-18/h4-5,9-10,12-15,18H,6-8,11H2,1-3H3,(H,21,22)/t12-,13-,14-,15+,18+/m1/s1. The first-order valence-corrected chi connectivity index (χ1v) is 9.35. The summed E-state index contributed by atoms with van der Waals surface area (Å²) < 4.78 is 16.5. The molecule has 5 atom stereocenters. The van der Waals surface area contributed by atoms with E-state index < -0.39 is 18.2 Å². The molecule has 0 saturated heterocycles. The van der Waals surface area contributed by atoms with Gasteiger partial charge in [0, 0.05) is 6.04 Å². The van der Waals surface area contributed by atoms with Crippen LogP contribution in [0.4, 0.5) is 0 Å². The second-order valence-electron chi connectivity index (χ2n) is 7.33. The van der Waals surface area contributed by atoms with Crippen LogP contribution in [0.25, 0.3) is 0 Å². The largest absolute Gasteiger partial charge is 0.485 e. The van der Waals surface area contributed by atoms with Crippen molar-refractivity contribution in [1.29, 1.82) is 0 Å². The fraction of sp³-hybridized carbons (Fsp3) is 0.600. The van der Waals surface area contributed by atoms with Crippen molar-refractivity contribution in [3.05, 3.63) is 24.3 Å². The molecule has 1 fully saturated rings. The molecule has 1 aromatic rings. The molecular formula is C20H27NO5. The van der Waals surface area contributed by atoms with E-state index in [1.807, 2.05) is 6.07 Å². The minimum absolute atomic E-state index is 0.0708. The number of carbonyl (C=O) groups is 2. The molecule has 1 aromatic carbocycles. The zero-order chi connectivity index (χ0) is 18.7. The third kappa shape index (κ3) is 4.11. The molecule has 0 aromatic heterocycles. The van der Waals surface area contributed by atoms with E-state index in [4.69, 9.17) is 14.2 Å². The predicted octanol–water partition coefficient (Wildman–Crippen LogP) is 2.70. The summed E-state index contributed by atoms with van der Waals surface area (Å²) in [4.78, 5) is 24.7. The summed E-state index contributed by atoms with van der Waals surface area (Å²) in [5, 5.41) is 3.03. The van der Waals surface area contributed by atoms with E-state index in [1.54, 1.807) is 25.1 Å². The molecule has 3 rings (SSSR count). The first kappa shape index (κ1) is 18.5. The van der Waals surface area contributed by atoms with Gasteiger partial charge in [0.25, 0.3) is 5.91 Å². The molecule has 2 aliphatic rings. The smallest absolute Gasteiger partial charge is 0.351 e. The maximum atomic E-state index is 12.4. The predicted molar refractivity (Wildman–Crippen MR) is 96.0 cm³/mol. The zero-order valence-corrected chi connectivity index (χ0v) is 15.6. The second kappa shape index (κ2) is 7.98. The maximum Gasteiger partial charge on any atom is 0.351 e. The van der Waals surface area contributed by atoms with Crippen molar-refractivity contribution >= 4 is 11.9 Å². The van der Waals surface area contributed by atoms with Crippen molar-refractivity contribution in [3.8, 4) is 11.5 Å². The molecule has 1 aliphatic carbocycles. The van der Waals surface area contributed by atoms with Gasteiger partial charge in [-0.05, 0) is 37.3 Å². The van der Waals surface area contributed by atoms with Gasteiger partial charge in [-0.2, -0.15) is 0 Å². The molecule has 26 heavy (non-hydrogen) atoms. The monoisotopic (exact) mass is 361 g/mol. The number of carbonyl (C=O) groups excluding carboxylic acids is 2. The Balaban J connectivity index is 1.52. The normalized spacial score (nSPS) is 28.7. The van der Waals surface area contributed by atoms with Gasteiger partial charge in [-0.15, -0.1) is 0 Å². The van der Waals surface area contributed by atoms with Crippen LogP contribution < -0.4 is 14.8 Å². The number of para-hydroxylation sites is 2. The highest BCUT2D eigenvalue weighted by molar-refractivity contribution is 5.85. The van der Waals surface area contributed by atoms with Crippen molar-refractivity contribution in [2.75, 3.05) is 6.61 Å². The Morgan fingerprint density at radius 2 is 1.92 bits per heavy atom. The summed E-state index contributed by atoms with van der Waals surface area (Å²) in [7, 11) is 0. The summed E-state index contributed by atoms with van der Waals surface area (Å²) in [5.74, 6) is 1.25. The zero-order valence-electron chi connectivity index (χ0n) is 15.6. The Hall–Kier alpha value is -2.24. The van der Waals surface area contributed by atoms with E-state index in [2.05, 4.69) is 19.2 Å². The SMILES string of the molecule is C[C@@H]1[C@H](C)CCC[C@@H]1NC(=O)[C@@H](C)OC(=O)[C@@H]1COc2ccccc2O1. The van der Waals surface area contributed by atoms with Crippen molar-refractivity contribution in [2.24, 2.45) is 11.8 Å². The van der Waals surface area contributed by atoms with Crippen LogP contribution in [0.5, 0.6) is 11.5 Å². The Bertz CT molecular complexity index is 661. The number of hydrogen-bond donors (Lipinski definition) is 1. The molecular weight excluding hydrogens is 334 g/mol. The van der Waals surface area contributed by atoms with E-state index in [0.29, 0.717) is 23.3 Å². The number of esters is 1. The topological polar surface area (TPSA) is 73.9 Å². The average molecular weight is 361 g/mol. The number of hydrogen-bond acceptors (Lipinski definition) is 5. The van der Waals surface area contributed by atoms with Crippen LogP contribution in [0.1, 0.15) is 40.0 Å². The van der Waals surface area contributed by atoms with Crippen LogP contribution >= 0.6 is 0 Å². The van der Waals surface area contributed by atoms with Crippen LogP contribution in [0.2, 0.25) is 0 Å². The van der Waals surface area contributed by atoms with E-state index in [-0.39, 0.29) is 18.6 Å². The van der Waals surface area contributed by atoms with Crippen LogP contribution in [0.15, 0.2) is 24.3 Å². The fourth-order valence-corrected chi connectivity index (χ4v) is 3.53. The average Bonchev–Trinajstić information content (AvgIpc) is 2.64. The lowest BCUT2D eigenvalue weighted by Gasteiger charge is -2.35. The van der Waals surface area contributed by atoms with E-state index >= 15 is 0 Å². The van der Waals surface area contributed by atoms with Gasteiger partial charge in [0.1, 0.15) is 6.61 Å². The number of benzene rings is 1. The first-order chi connectivity index (χ1) is 12.5. The molecule has 0 unspecified atom stereocenters. The molecule has 0 radical (unpaired) electrons. The van der Waals surface area contributed by atoms with Gasteiger partial charge in [-0.25, -0.2) is 4.79 Å². The highest BCUT2D eigenvalue weighted by atomic mass is 16.6. The number of fused-ring (bicyclic) bond motifs is 1. The van der Waals surface area contributed by atoms with Crippen LogP contribution in [-0.4, -0.2) is 36.7 Å². The highest BCUT2D eigenvalue weighted by Crippen LogP contribution is 2.31. The minimum atomic E-state index is -0.868. The van der Waals surface area contributed by atoms with Gasteiger partial charge < -0.3 is 19.5 Å². The van der Waals surface area contributed by atoms with Gasteiger partial charge in [0.05, 0.1) is 0 Å². The Kier molecular flexibility index (Phi) is 5.69. The molecule has 6 nitrogen and oxygen atoms in total. The van der Waals surface area contributed by atoms with Crippen molar-refractivity contribution in [3.63, 3.8) is 0 Å². The Labute approximate surface area is 154 Å². The van der Waals surface area contributed by atoms with E-state index in [0.717, 1.165) is 12.8 Å². The summed E-state index contributed by atoms with van der Waals surface area (Å²) in [6.07, 6.45) is 1.53. The number of rotatable bonds is 4. The van der Waals surface area contributed by atoms with Gasteiger partial charge in [0.15, 0.2) is 17.6 Å². The van der Waals surface area contributed by atoms with Crippen molar-refractivity contribution in [1.82, 2.24) is 5.32 Å². The summed E-state index contributed by atoms with van der Waals surface area (Å²) in [6, 6.07) is 7.28. The molecule has 0 bridgehead atoms. The summed E-state index contributed by atoms with van der Waals surface area (Å²) >= 11 is 0. The Morgan fingerprint density at radius 3 is 2.69 bits per heavy atom. The van der Waals surface area contributed by atoms with Crippen LogP contribution in [0, 0.1) is 11.8 Å². The lowest BCUT2D eigenvalue weighted by molar-refractivity contribution is -0.164. The van der Waals surface area contributed by atoms with Crippen molar-refractivity contribution in [2.45, 2.75) is 58.3 Å². The number of nitrogens with one attached hydrogen (secondary N) is 1. The second-order valence-corrected chi connectivity index (χ2v) is 7.33. The van der Waals surface area contributed by atoms with E-state index in [1.165, 1.54) is 6.42 Å².